The zero-order valence-corrected chi connectivity index (χ0v) is 18.9. The number of rotatable bonds is 13. The molecule has 0 radical (unpaired) electrons. The Morgan fingerprint density at radius 3 is 2.00 bits per heavy atom. The van der Waals surface area contributed by atoms with Crippen LogP contribution >= 0.6 is 0 Å². The number of nitrogens with zero attached hydrogens (tertiary/aromatic N) is 2. The zero-order chi connectivity index (χ0) is 23.8. The Morgan fingerprint density at radius 2 is 1.53 bits per heavy atom. The van der Waals surface area contributed by atoms with E-state index in [1.54, 1.807) is 4.13 Å². The van der Waals surface area contributed by atoms with Crippen LogP contribution in [0.15, 0.2) is 12.2 Å². The van der Waals surface area contributed by atoms with E-state index in [1.165, 1.54) is 6.92 Å². The van der Waals surface area contributed by atoms with Gasteiger partial charge in [-0.3, -0.25) is 4.79 Å². The number of ether oxygens (including phenoxy) is 2. The highest BCUT2D eigenvalue weighted by atomic mass is 32.3. The molecule has 0 amide bonds. The molecule has 0 unspecified atom stereocenters. The molecule has 0 aliphatic heterocycles. The SMILES string of the molecule is C=C(CC(=O)OCC(F)(F)C[N-]CC)C(=O)OCCS(=O)(=O)[N-]S(=O)(=O)C(F)(F)F.[CH3+].[CH3+]. The molecule has 0 aromatic heterocycles. The highest BCUT2D eigenvalue weighted by molar-refractivity contribution is 8.12. The first kappa shape index (κ1) is 34.5. The third-order valence-electron chi connectivity index (χ3n) is 2.74. The fraction of sp³-hybridized carbons (Fsp3) is 0.600. The summed E-state index contributed by atoms with van der Waals surface area (Å²) < 4.78 is 117. The van der Waals surface area contributed by atoms with E-state index in [9.17, 15) is 48.4 Å². The molecule has 0 N–H and O–H groups in total. The van der Waals surface area contributed by atoms with Crippen molar-refractivity contribution in [3.05, 3.63) is 36.4 Å². The molecule has 10 nitrogen and oxygen atoms in total. The second-order valence-electron chi connectivity index (χ2n) is 5.41. The Hall–Kier alpha value is -2.11. The minimum absolute atomic E-state index is 0. The van der Waals surface area contributed by atoms with Crippen LogP contribution in [0.5, 0.6) is 0 Å². The summed E-state index contributed by atoms with van der Waals surface area (Å²) in [6.45, 7) is 1.42. The second kappa shape index (κ2) is 13.4. The van der Waals surface area contributed by atoms with E-state index >= 15 is 0 Å². The number of alkyl halides is 5. The van der Waals surface area contributed by atoms with Crippen molar-refractivity contribution in [1.82, 2.24) is 0 Å². The predicted octanol–water partition coefficient (Wildman–Crippen LogP) is 2.50. The van der Waals surface area contributed by atoms with Crippen molar-refractivity contribution in [2.75, 3.05) is 32.1 Å². The third kappa shape index (κ3) is 13.3. The minimum atomic E-state index is -6.31. The molecular formula is C15H23F5N2O8S2. The monoisotopic (exact) mass is 518 g/mol. The van der Waals surface area contributed by atoms with Crippen LogP contribution in [-0.4, -0.2) is 72.3 Å². The van der Waals surface area contributed by atoms with Gasteiger partial charge in [-0.2, -0.15) is 19.7 Å². The first-order valence-corrected chi connectivity index (χ1v) is 10.8. The quantitative estimate of drug-likeness (QED) is 0.156. The highest BCUT2D eigenvalue weighted by Crippen LogP contribution is 2.30. The Kier molecular flexibility index (Phi) is 14.5. The summed E-state index contributed by atoms with van der Waals surface area (Å²) in [7, 11) is -11.5. The van der Waals surface area contributed by atoms with Crippen LogP contribution < -0.4 is 0 Å². The molecular weight excluding hydrogens is 495 g/mol. The van der Waals surface area contributed by atoms with Gasteiger partial charge in [-0.05, 0) is 0 Å². The summed E-state index contributed by atoms with van der Waals surface area (Å²) >= 11 is 0. The van der Waals surface area contributed by atoms with Crippen LogP contribution in [0, 0.1) is 14.9 Å². The molecule has 0 aromatic rings. The number of hydrogen-bond donors (Lipinski definition) is 0. The number of hydrogen-bond acceptors (Lipinski definition) is 8. The molecule has 0 fully saturated rings. The van der Waals surface area contributed by atoms with Crippen LogP contribution in [0.3, 0.4) is 0 Å². The Morgan fingerprint density at radius 1 is 1.00 bits per heavy atom. The predicted molar refractivity (Wildman–Crippen MR) is 104 cm³/mol. The largest absolute Gasteiger partial charge is 0.658 e. The van der Waals surface area contributed by atoms with Crippen molar-refractivity contribution in [3.63, 3.8) is 0 Å². The molecule has 0 aliphatic carbocycles. The highest BCUT2D eigenvalue weighted by Gasteiger charge is 2.40. The van der Waals surface area contributed by atoms with E-state index in [0.717, 1.165) is 0 Å². The molecule has 0 bridgehead atoms. The lowest BCUT2D eigenvalue weighted by Crippen LogP contribution is -2.30. The van der Waals surface area contributed by atoms with E-state index in [4.69, 9.17) is 0 Å². The van der Waals surface area contributed by atoms with Gasteiger partial charge in [0.2, 0.25) is 0 Å². The van der Waals surface area contributed by atoms with Gasteiger partial charge in [0.15, 0.2) is 16.6 Å². The maximum Gasteiger partial charge on any atom is 0.480 e. The molecule has 0 spiro atoms. The van der Waals surface area contributed by atoms with Gasteiger partial charge < -0.3 is 18.9 Å². The average Bonchev–Trinajstić information content (AvgIpc) is 2.56. The Bertz CT molecular complexity index is 842. The van der Waals surface area contributed by atoms with E-state index < -0.39 is 80.9 Å². The Labute approximate surface area is 183 Å². The molecule has 0 saturated heterocycles. The standard InChI is InChI=1S/C13H17F5N2O8S2.2CH3/c1-3-19-7-12(14,15)8-28-10(21)6-9(2)11(22)27-4-5-29(23,24)20-30(25,26)13(16,17)18;;/h2-8H2,1H3;2*1H3/q-2;2*+1. The fourth-order valence-electron chi connectivity index (χ4n) is 1.38. The second-order valence-corrected chi connectivity index (χ2v) is 8.99. The lowest BCUT2D eigenvalue weighted by Gasteiger charge is -2.24. The number of halogens is 5. The fourth-order valence-corrected chi connectivity index (χ4v) is 3.50. The first-order valence-electron chi connectivity index (χ1n) is 7.72. The van der Waals surface area contributed by atoms with Gasteiger partial charge in [0.1, 0.15) is 6.61 Å². The third-order valence-corrected chi connectivity index (χ3v) is 5.70. The summed E-state index contributed by atoms with van der Waals surface area (Å²) in [5.74, 6) is -7.53. The lowest BCUT2D eigenvalue weighted by molar-refractivity contribution is -0.154. The van der Waals surface area contributed by atoms with E-state index in [1.807, 2.05) is 0 Å². The molecule has 188 valence electrons. The minimum Gasteiger partial charge on any atom is -0.658 e. The van der Waals surface area contributed by atoms with Crippen LogP contribution in [-0.2, 0) is 39.1 Å². The summed E-state index contributed by atoms with van der Waals surface area (Å²) in [5, 5.41) is 3.41. The van der Waals surface area contributed by atoms with Gasteiger partial charge >= 0.3 is 17.4 Å². The summed E-state index contributed by atoms with van der Waals surface area (Å²) in [6, 6.07) is 0. The van der Waals surface area contributed by atoms with Gasteiger partial charge in [0.05, 0.1) is 22.2 Å². The molecule has 0 rings (SSSR count). The van der Waals surface area contributed by atoms with Gasteiger partial charge in [-0.25, -0.2) is 30.4 Å². The molecule has 32 heavy (non-hydrogen) atoms. The number of sulfonamides is 2. The summed E-state index contributed by atoms with van der Waals surface area (Å²) in [4.78, 5) is 23.0. The molecule has 0 atom stereocenters. The topological polar surface area (TPSA) is 149 Å². The summed E-state index contributed by atoms with van der Waals surface area (Å²) in [5.41, 5.74) is -6.58. The smallest absolute Gasteiger partial charge is 0.480 e. The van der Waals surface area contributed by atoms with Gasteiger partial charge in [-0.15, -0.1) is 0 Å². The first-order chi connectivity index (χ1) is 13.4. The molecule has 17 heteroatoms. The van der Waals surface area contributed by atoms with Crippen LogP contribution in [0.25, 0.3) is 9.44 Å². The molecule has 0 heterocycles. The van der Waals surface area contributed by atoms with Crippen molar-refractivity contribution in [2.45, 2.75) is 24.8 Å². The zero-order valence-electron chi connectivity index (χ0n) is 17.3. The van der Waals surface area contributed by atoms with E-state index in [2.05, 4.69) is 21.4 Å². The van der Waals surface area contributed by atoms with Gasteiger partial charge in [-0.1, -0.05) is 20.0 Å². The molecule has 0 saturated carbocycles. The lowest BCUT2D eigenvalue weighted by atomic mass is 10.2. The van der Waals surface area contributed by atoms with Crippen LogP contribution in [0.4, 0.5) is 22.0 Å². The molecule has 0 aliphatic rings. The van der Waals surface area contributed by atoms with Crippen molar-refractivity contribution in [1.29, 1.82) is 0 Å². The van der Waals surface area contributed by atoms with Crippen LogP contribution in [0.1, 0.15) is 13.3 Å². The Balaban J connectivity index is -0.00000420. The number of esters is 2. The summed E-state index contributed by atoms with van der Waals surface area (Å²) in [6.07, 6.45) is -0.903. The maximum absolute atomic E-state index is 13.3. The van der Waals surface area contributed by atoms with Crippen LogP contribution in [0.2, 0.25) is 0 Å². The maximum atomic E-state index is 13.3. The van der Waals surface area contributed by atoms with E-state index in [-0.39, 0.29) is 21.4 Å². The molecule has 0 aromatic carbocycles. The van der Waals surface area contributed by atoms with Crippen molar-refractivity contribution >= 4 is 32.0 Å². The van der Waals surface area contributed by atoms with Crippen molar-refractivity contribution in [3.8, 4) is 0 Å². The van der Waals surface area contributed by atoms with E-state index in [0.29, 0.717) is 0 Å². The van der Waals surface area contributed by atoms with Crippen molar-refractivity contribution < 1.29 is 57.9 Å². The van der Waals surface area contributed by atoms with Gasteiger partial charge in [0.25, 0.3) is 5.92 Å². The van der Waals surface area contributed by atoms with Crippen molar-refractivity contribution in [2.24, 2.45) is 0 Å². The number of carbonyl (C=O) groups is 2. The van der Waals surface area contributed by atoms with Gasteiger partial charge in [0, 0.05) is 20.4 Å². The number of carbonyl (C=O) groups excluding carboxylic acids is 2. The average molecular weight is 518 g/mol. The normalized spacial score (nSPS) is 12.2.